The second-order valence-electron chi connectivity index (χ2n) is 5.74. The Morgan fingerprint density at radius 1 is 1.20 bits per heavy atom. The summed E-state index contributed by atoms with van der Waals surface area (Å²) in [6, 6.07) is 4.11. The van der Waals surface area contributed by atoms with Crippen molar-refractivity contribution in [2.24, 2.45) is 0 Å². The van der Waals surface area contributed by atoms with Gasteiger partial charge in [-0.15, -0.1) is 0 Å². The molecule has 5 heteroatoms. The number of carbonyl (C=O) groups excluding carboxylic acids is 1. The number of aromatic nitrogens is 1. The van der Waals surface area contributed by atoms with Crippen molar-refractivity contribution in [3.05, 3.63) is 24.0 Å². The highest BCUT2D eigenvalue weighted by molar-refractivity contribution is 5.93. The van der Waals surface area contributed by atoms with Crippen LogP contribution >= 0.6 is 0 Å². The fraction of sp³-hybridized carbons (Fsp3) is 0.600. The van der Waals surface area contributed by atoms with Crippen molar-refractivity contribution >= 4 is 11.6 Å². The minimum atomic E-state index is 0.00312. The molecule has 1 saturated carbocycles. The van der Waals surface area contributed by atoms with Crippen molar-refractivity contribution in [3.63, 3.8) is 0 Å². The van der Waals surface area contributed by atoms with Crippen LogP contribution in [0.4, 0.5) is 5.69 Å². The van der Waals surface area contributed by atoms with E-state index in [1.165, 1.54) is 25.7 Å². The Labute approximate surface area is 119 Å². The molecule has 1 aromatic heterocycles. The smallest absolute Gasteiger partial charge is 0.272 e. The molecule has 1 saturated heterocycles. The molecule has 108 valence electrons. The summed E-state index contributed by atoms with van der Waals surface area (Å²) in [5.41, 5.74) is 6.76. The monoisotopic (exact) mass is 274 g/mol. The second kappa shape index (κ2) is 5.79. The van der Waals surface area contributed by atoms with E-state index in [4.69, 9.17) is 5.73 Å². The van der Waals surface area contributed by atoms with Crippen molar-refractivity contribution in [2.45, 2.75) is 31.7 Å². The first-order valence-corrected chi connectivity index (χ1v) is 7.49. The predicted octanol–water partition coefficient (Wildman–Crippen LogP) is 1.36. The summed E-state index contributed by atoms with van der Waals surface area (Å²) in [4.78, 5) is 20.9. The van der Waals surface area contributed by atoms with Gasteiger partial charge in [0.1, 0.15) is 5.69 Å². The molecular weight excluding hydrogens is 252 g/mol. The number of carbonyl (C=O) groups is 1. The van der Waals surface area contributed by atoms with E-state index in [0.717, 1.165) is 32.2 Å². The Morgan fingerprint density at radius 2 is 1.90 bits per heavy atom. The number of piperazine rings is 1. The maximum absolute atomic E-state index is 12.4. The summed E-state index contributed by atoms with van der Waals surface area (Å²) in [7, 11) is 0. The molecule has 1 aliphatic carbocycles. The molecule has 0 radical (unpaired) electrons. The molecule has 2 fully saturated rings. The lowest BCUT2D eigenvalue weighted by atomic mass is 10.1. The molecule has 1 amide bonds. The van der Waals surface area contributed by atoms with E-state index in [-0.39, 0.29) is 5.91 Å². The molecule has 20 heavy (non-hydrogen) atoms. The van der Waals surface area contributed by atoms with Crippen LogP contribution in [0, 0.1) is 0 Å². The van der Waals surface area contributed by atoms with E-state index in [1.54, 1.807) is 18.3 Å². The Kier molecular flexibility index (Phi) is 3.87. The third kappa shape index (κ3) is 2.77. The van der Waals surface area contributed by atoms with Gasteiger partial charge >= 0.3 is 0 Å². The Balaban J connectivity index is 1.58. The molecule has 0 bridgehead atoms. The molecule has 0 aromatic carbocycles. The largest absolute Gasteiger partial charge is 0.399 e. The first kappa shape index (κ1) is 13.4. The zero-order chi connectivity index (χ0) is 13.9. The fourth-order valence-corrected chi connectivity index (χ4v) is 3.29. The number of rotatable bonds is 2. The second-order valence-corrected chi connectivity index (χ2v) is 5.74. The summed E-state index contributed by atoms with van der Waals surface area (Å²) in [6.45, 7) is 3.56. The van der Waals surface area contributed by atoms with Crippen molar-refractivity contribution < 1.29 is 4.79 Å². The highest BCUT2D eigenvalue weighted by Gasteiger charge is 2.28. The fourth-order valence-electron chi connectivity index (χ4n) is 3.29. The van der Waals surface area contributed by atoms with Gasteiger partial charge in [0, 0.05) is 44.1 Å². The van der Waals surface area contributed by atoms with Crippen LogP contribution in [0.15, 0.2) is 18.3 Å². The van der Waals surface area contributed by atoms with Gasteiger partial charge < -0.3 is 10.6 Å². The van der Waals surface area contributed by atoms with Crippen molar-refractivity contribution in [3.8, 4) is 0 Å². The minimum Gasteiger partial charge on any atom is -0.399 e. The normalized spacial score (nSPS) is 21.3. The van der Waals surface area contributed by atoms with E-state index in [2.05, 4.69) is 9.88 Å². The van der Waals surface area contributed by atoms with Gasteiger partial charge in [-0.2, -0.15) is 0 Å². The van der Waals surface area contributed by atoms with Gasteiger partial charge in [0.05, 0.1) is 0 Å². The lowest BCUT2D eigenvalue weighted by molar-refractivity contribution is 0.0568. The lowest BCUT2D eigenvalue weighted by Gasteiger charge is -2.37. The zero-order valence-corrected chi connectivity index (χ0v) is 11.8. The van der Waals surface area contributed by atoms with E-state index < -0.39 is 0 Å². The third-order valence-corrected chi connectivity index (χ3v) is 4.45. The van der Waals surface area contributed by atoms with Gasteiger partial charge in [-0.1, -0.05) is 12.8 Å². The number of pyridine rings is 1. The highest BCUT2D eigenvalue weighted by atomic mass is 16.2. The highest BCUT2D eigenvalue weighted by Crippen LogP contribution is 2.24. The first-order chi connectivity index (χ1) is 9.74. The molecule has 0 spiro atoms. The SMILES string of the molecule is Nc1ccnc(C(=O)N2CCN(C3CCCC3)CC2)c1. The first-order valence-electron chi connectivity index (χ1n) is 7.49. The number of nitrogens with two attached hydrogens (primary N) is 1. The van der Waals surface area contributed by atoms with E-state index in [1.807, 2.05) is 4.90 Å². The summed E-state index contributed by atoms with van der Waals surface area (Å²) < 4.78 is 0. The van der Waals surface area contributed by atoms with E-state index >= 15 is 0 Å². The van der Waals surface area contributed by atoms with Crippen molar-refractivity contribution in [1.29, 1.82) is 0 Å². The van der Waals surface area contributed by atoms with E-state index in [9.17, 15) is 4.79 Å². The average molecular weight is 274 g/mol. The van der Waals surface area contributed by atoms with Crippen LogP contribution in [-0.2, 0) is 0 Å². The standard InChI is InChI=1S/C15H22N4O/c16-12-5-6-17-14(11-12)15(20)19-9-7-18(8-10-19)13-3-1-2-4-13/h5-6,11,13H,1-4,7-10H2,(H2,16,17). The van der Waals surface area contributed by atoms with Crippen LogP contribution in [0.1, 0.15) is 36.2 Å². The maximum atomic E-state index is 12.4. The summed E-state index contributed by atoms with van der Waals surface area (Å²) in [5, 5.41) is 0. The van der Waals surface area contributed by atoms with Crippen LogP contribution in [0.25, 0.3) is 0 Å². The summed E-state index contributed by atoms with van der Waals surface area (Å²) >= 11 is 0. The molecule has 0 atom stereocenters. The van der Waals surface area contributed by atoms with Crippen LogP contribution in [0.5, 0.6) is 0 Å². The van der Waals surface area contributed by atoms with Crippen LogP contribution in [0.3, 0.4) is 0 Å². The van der Waals surface area contributed by atoms with Crippen LogP contribution in [0.2, 0.25) is 0 Å². The van der Waals surface area contributed by atoms with Gasteiger partial charge in [0.15, 0.2) is 0 Å². The summed E-state index contributed by atoms with van der Waals surface area (Å²) in [6.07, 6.45) is 6.96. The third-order valence-electron chi connectivity index (χ3n) is 4.45. The van der Waals surface area contributed by atoms with E-state index in [0.29, 0.717) is 11.4 Å². The molecule has 3 rings (SSSR count). The summed E-state index contributed by atoms with van der Waals surface area (Å²) in [5.74, 6) is 0.00312. The molecular formula is C15H22N4O. The van der Waals surface area contributed by atoms with Crippen molar-refractivity contribution in [1.82, 2.24) is 14.8 Å². The quantitative estimate of drug-likeness (QED) is 0.884. The van der Waals surface area contributed by atoms with Crippen LogP contribution in [-0.4, -0.2) is 52.9 Å². The van der Waals surface area contributed by atoms with Gasteiger partial charge in [-0.05, 0) is 25.0 Å². The van der Waals surface area contributed by atoms with Crippen LogP contribution < -0.4 is 5.73 Å². The Bertz CT molecular complexity index is 477. The van der Waals surface area contributed by atoms with Gasteiger partial charge in [-0.25, -0.2) is 0 Å². The topological polar surface area (TPSA) is 62.5 Å². The number of hydrogen-bond donors (Lipinski definition) is 1. The number of nitrogens with zero attached hydrogens (tertiary/aromatic N) is 3. The van der Waals surface area contributed by atoms with Gasteiger partial charge in [0.25, 0.3) is 5.91 Å². The number of amides is 1. The molecule has 2 heterocycles. The number of anilines is 1. The Hall–Kier alpha value is -1.62. The molecule has 2 aliphatic rings. The molecule has 0 unspecified atom stereocenters. The average Bonchev–Trinajstić information content (AvgIpc) is 3.01. The lowest BCUT2D eigenvalue weighted by Crippen LogP contribution is -2.51. The molecule has 1 aliphatic heterocycles. The number of nitrogen functional groups attached to an aromatic ring is 1. The zero-order valence-electron chi connectivity index (χ0n) is 11.8. The Morgan fingerprint density at radius 3 is 2.55 bits per heavy atom. The predicted molar refractivity (Wildman–Crippen MR) is 78.4 cm³/mol. The molecule has 2 N–H and O–H groups in total. The maximum Gasteiger partial charge on any atom is 0.272 e. The van der Waals surface area contributed by atoms with Gasteiger partial charge in [0.2, 0.25) is 0 Å². The van der Waals surface area contributed by atoms with Gasteiger partial charge in [-0.3, -0.25) is 14.7 Å². The molecule has 1 aromatic rings. The number of hydrogen-bond acceptors (Lipinski definition) is 4. The minimum absolute atomic E-state index is 0.00312. The van der Waals surface area contributed by atoms with Crippen molar-refractivity contribution in [2.75, 3.05) is 31.9 Å². The molecule has 5 nitrogen and oxygen atoms in total.